The summed E-state index contributed by atoms with van der Waals surface area (Å²) in [7, 11) is -1.78. The van der Waals surface area contributed by atoms with E-state index in [2.05, 4.69) is 31.9 Å². The Morgan fingerprint density at radius 2 is 0.763 bits per heavy atom. The largest absolute Gasteiger partial charge is 0.507 e. The molecule has 0 atom stereocenters. The predicted octanol–water partition coefficient (Wildman–Crippen LogP) is 12.6. The molecule has 0 spiro atoms. The highest BCUT2D eigenvalue weighted by molar-refractivity contribution is 9.11. The molecule has 0 unspecified atom stereocenters. The Morgan fingerprint density at radius 3 is 1.12 bits per heavy atom. The fourth-order valence-corrected chi connectivity index (χ4v) is 7.32. The molecule has 0 saturated carbocycles. The van der Waals surface area contributed by atoms with Crippen LogP contribution in [0, 0.1) is 17.5 Å². The van der Waals surface area contributed by atoms with Crippen molar-refractivity contribution in [3.63, 3.8) is 0 Å². The van der Waals surface area contributed by atoms with E-state index in [4.69, 9.17) is 53.7 Å². The van der Waals surface area contributed by atoms with Gasteiger partial charge in [0.2, 0.25) is 0 Å². The van der Waals surface area contributed by atoms with E-state index in [0.29, 0.717) is 42.0 Å². The quantitative estimate of drug-likeness (QED) is 0.0959. The van der Waals surface area contributed by atoms with E-state index in [9.17, 15) is 33.6 Å². The third kappa shape index (κ3) is 8.66. The first kappa shape index (κ1) is 42.1. The van der Waals surface area contributed by atoms with Crippen LogP contribution >= 0.6 is 66.7 Å². The molecule has 0 aliphatic carbocycles. The number of furan rings is 2. The van der Waals surface area contributed by atoms with Gasteiger partial charge in [-0.15, -0.1) is 0 Å². The van der Waals surface area contributed by atoms with Crippen LogP contribution in [0.25, 0.3) is 66.1 Å². The second kappa shape index (κ2) is 16.9. The minimum atomic E-state index is -1.78. The van der Waals surface area contributed by atoms with E-state index < -0.39 is 24.6 Å². The lowest BCUT2D eigenvalue weighted by Gasteiger charge is -2.07. The molecule has 2 aromatic heterocycles. The van der Waals surface area contributed by atoms with E-state index in [1.54, 1.807) is 24.3 Å². The van der Waals surface area contributed by atoms with Crippen molar-refractivity contribution < 1.29 is 52.5 Å². The molecule has 298 valence electrons. The van der Waals surface area contributed by atoms with Crippen molar-refractivity contribution >= 4 is 123 Å². The van der Waals surface area contributed by atoms with Crippen molar-refractivity contribution in [2.45, 2.75) is 0 Å². The van der Waals surface area contributed by atoms with Crippen LogP contribution in [0.4, 0.5) is 13.2 Å². The first-order valence-corrected chi connectivity index (χ1v) is 19.6. The van der Waals surface area contributed by atoms with Crippen molar-refractivity contribution in [2.75, 3.05) is 0 Å². The van der Waals surface area contributed by atoms with Crippen molar-refractivity contribution in [3.8, 4) is 45.3 Å². The lowest BCUT2D eigenvalue weighted by molar-refractivity contribution is 0.423. The topological polar surface area (TPSA) is 148 Å². The number of phenols is 4. The van der Waals surface area contributed by atoms with E-state index in [-0.39, 0.29) is 65.8 Å². The van der Waals surface area contributed by atoms with Gasteiger partial charge in [-0.05, 0) is 129 Å². The summed E-state index contributed by atoms with van der Waals surface area (Å²) in [5.41, 5.74) is 2.66. The highest BCUT2D eigenvalue weighted by Gasteiger charge is 2.20. The second-order valence-corrected chi connectivity index (χ2v) is 15.8. The minimum absolute atomic E-state index is 0.141. The number of aromatic hydroxyl groups is 4. The van der Waals surface area contributed by atoms with Crippen LogP contribution in [0.1, 0.15) is 0 Å². The maximum absolute atomic E-state index is 14.4. The molecule has 0 aliphatic heterocycles. The summed E-state index contributed by atoms with van der Waals surface area (Å²) >= 11 is 23.5. The zero-order valence-electron chi connectivity index (χ0n) is 29.4. The Kier molecular flexibility index (Phi) is 12.1. The summed E-state index contributed by atoms with van der Waals surface area (Å²) in [5, 5.41) is 60.8. The summed E-state index contributed by atoms with van der Waals surface area (Å²) in [5.74, 6) is -1.93. The molecule has 0 radical (unpaired) electrons. The van der Waals surface area contributed by atoms with Gasteiger partial charge >= 0.3 is 7.12 Å². The molecule has 0 amide bonds. The number of fused-ring (bicyclic) bond motifs is 6. The Labute approximate surface area is 363 Å². The van der Waals surface area contributed by atoms with Crippen LogP contribution in [-0.4, -0.2) is 37.6 Å². The predicted molar refractivity (Wildman–Crippen MR) is 232 cm³/mol. The molecule has 59 heavy (non-hydrogen) atoms. The van der Waals surface area contributed by atoms with Gasteiger partial charge in [0.1, 0.15) is 62.8 Å². The Bertz CT molecular complexity index is 2930. The molecule has 17 heteroatoms. The average Bonchev–Trinajstić information content (AvgIpc) is 3.67. The second-order valence-electron chi connectivity index (χ2n) is 12.8. The summed E-state index contributed by atoms with van der Waals surface area (Å²) in [6.07, 6.45) is 0. The first-order valence-electron chi connectivity index (χ1n) is 16.9. The van der Waals surface area contributed by atoms with Crippen molar-refractivity contribution in [2.24, 2.45) is 0 Å². The maximum atomic E-state index is 14.4. The Hall–Kier alpha value is -5.06. The molecule has 9 aromatic rings. The van der Waals surface area contributed by atoms with Crippen LogP contribution in [0.5, 0.6) is 23.0 Å². The third-order valence-corrected chi connectivity index (χ3v) is 11.0. The summed E-state index contributed by atoms with van der Waals surface area (Å²) in [6.45, 7) is 0. The molecule has 9 rings (SSSR count). The van der Waals surface area contributed by atoms with Crippen LogP contribution in [0.15, 0.2) is 121 Å². The van der Waals surface area contributed by atoms with Gasteiger partial charge in [-0.2, -0.15) is 0 Å². The molecule has 2 heterocycles. The highest BCUT2D eigenvalue weighted by Crippen LogP contribution is 2.43. The van der Waals surface area contributed by atoms with Gasteiger partial charge < -0.3 is 39.3 Å². The lowest BCUT2D eigenvalue weighted by atomic mass is 9.80. The van der Waals surface area contributed by atoms with Crippen molar-refractivity contribution in [3.05, 3.63) is 145 Å². The van der Waals surface area contributed by atoms with E-state index in [1.165, 1.54) is 60.7 Å². The van der Waals surface area contributed by atoms with Crippen LogP contribution < -0.4 is 5.46 Å². The molecule has 8 nitrogen and oxygen atoms in total. The van der Waals surface area contributed by atoms with Gasteiger partial charge in [-0.3, -0.25) is 0 Å². The normalized spacial score (nSPS) is 11.2. The van der Waals surface area contributed by atoms with Crippen LogP contribution in [0.2, 0.25) is 15.1 Å². The molecule has 6 N–H and O–H groups in total. The SMILES string of the molecule is OB(O)c1ccc(Cl)cc1F.Oc1cc2c(cc1-c1ccc(Cl)cc1F)oc1cc(-c3ccc(Cl)cc3F)c(O)cc12.Oc1cc2c(cc1Br)oc1cc(Br)c(O)cc12. The number of benzene rings is 7. The van der Waals surface area contributed by atoms with E-state index >= 15 is 0 Å². The number of hydrogen-bond acceptors (Lipinski definition) is 8. The summed E-state index contributed by atoms with van der Waals surface area (Å²) in [4.78, 5) is 0. The van der Waals surface area contributed by atoms with Crippen LogP contribution in [-0.2, 0) is 0 Å². The average molecular weight is 990 g/mol. The summed E-state index contributed by atoms with van der Waals surface area (Å²) in [6, 6.07) is 24.4. The lowest BCUT2D eigenvalue weighted by Crippen LogP contribution is -2.32. The molecule has 7 aromatic carbocycles. The van der Waals surface area contributed by atoms with Gasteiger partial charge in [-0.1, -0.05) is 40.9 Å². The number of phenolic OH excluding ortho intramolecular Hbond substituents is 4. The molecule has 0 saturated heterocycles. The molecule has 0 fully saturated rings. The fraction of sp³-hybridized carbons (Fsp3) is 0. The Morgan fingerprint density at radius 1 is 0.424 bits per heavy atom. The fourth-order valence-electron chi connectivity index (χ4n) is 6.20. The number of hydrogen-bond donors (Lipinski definition) is 6. The summed E-state index contributed by atoms with van der Waals surface area (Å²) < 4.78 is 54.1. The van der Waals surface area contributed by atoms with Gasteiger partial charge in [0.05, 0.1) is 8.95 Å². The maximum Gasteiger partial charge on any atom is 0.491 e. The van der Waals surface area contributed by atoms with Crippen molar-refractivity contribution in [1.29, 1.82) is 0 Å². The van der Waals surface area contributed by atoms with Crippen molar-refractivity contribution in [1.82, 2.24) is 0 Å². The monoisotopic (exact) mass is 986 g/mol. The van der Waals surface area contributed by atoms with E-state index in [0.717, 1.165) is 29.0 Å². The Balaban J connectivity index is 0.000000157. The first-order chi connectivity index (χ1) is 28.0. The van der Waals surface area contributed by atoms with E-state index in [1.807, 2.05) is 0 Å². The molecule has 0 bridgehead atoms. The zero-order chi connectivity index (χ0) is 42.4. The van der Waals surface area contributed by atoms with Gasteiger partial charge in [0.25, 0.3) is 0 Å². The van der Waals surface area contributed by atoms with Gasteiger partial charge in [0.15, 0.2) is 0 Å². The van der Waals surface area contributed by atoms with Crippen LogP contribution in [0.3, 0.4) is 0 Å². The minimum Gasteiger partial charge on any atom is -0.507 e. The molecule has 0 aliphatic rings. The van der Waals surface area contributed by atoms with Gasteiger partial charge in [-0.25, -0.2) is 13.2 Å². The zero-order valence-corrected chi connectivity index (χ0v) is 34.9. The molecular formula is C42H23BBr2Cl3F3O8. The number of halogens is 8. The third-order valence-electron chi connectivity index (χ3n) is 9.00. The smallest absolute Gasteiger partial charge is 0.491 e. The van der Waals surface area contributed by atoms with Gasteiger partial charge in [0, 0.05) is 64.3 Å². The highest BCUT2D eigenvalue weighted by atomic mass is 79.9. The standard InChI is InChI=1S/C24H12Cl2F2O3.C12H6Br2O3.C6H5BClFO2/c25-11-1-3-13(19(27)5-11)15-9-23-17(7-21(15)29)18-8-22(30)16(10-24(18)31-23)14-4-2-12(26)6-20(14)28;13-7-3-11-5(1-9(7)15)6-2-10(16)8(14)4-12(6)17-11;8-4-1-2-5(7(10)11)6(9)3-4/h1-10,29-30H;1-4,15-16H;1-3,10-11H. The molecular weight excluding hydrogens is 966 g/mol. The number of rotatable bonds is 3.